The summed E-state index contributed by atoms with van der Waals surface area (Å²) in [5, 5.41) is 2.87. The van der Waals surface area contributed by atoms with E-state index in [9.17, 15) is 4.79 Å². The number of para-hydroxylation sites is 2. The Bertz CT molecular complexity index is 380. The van der Waals surface area contributed by atoms with Gasteiger partial charge in [-0.1, -0.05) is 25.5 Å². The van der Waals surface area contributed by atoms with E-state index >= 15 is 0 Å². The molecule has 18 heavy (non-hydrogen) atoms. The fraction of sp³-hybridized carbons (Fsp3) is 0.500. The molecule has 0 bridgehead atoms. The van der Waals surface area contributed by atoms with Crippen molar-refractivity contribution in [1.82, 2.24) is 4.90 Å². The van der Waals surface area contributed by atoms with Gasteiger partial charge in [-0.3, -0.25) is 0 Å². The summed E-state index contributed by atoms with van der Waals surface area (Å²) in [7, 11) is 1.80. The highest BCUT2D eigenvalue weighted by atomic mass is 16.5. The summed E-state index contributed by atoms with van der Waals surface area (Å²) in [5.41, 5.74) is 0.715. The van der Waals surface area contributed by atoms with Crippen molar-refractivity contribution >= 4 is 11.7 Å². The minimum Gasteiger partial charge on any atom is -0.492 e. The Hall–Kier alpha value is -1.71. The summed E-state index contributed by atoms with van der Waals surface area (Å²) in [6.07, 6.45) is 2.09. The Morgan fingerprint density at radius 3 is 2.72 bits per heavy atom. The van der Waals surface area contributed by atoms with Crippen molar-refractivity contribution in [3.05, 3.63) is 24.3 Å². The maximum absolute atomic E-state index is 11.9. The van der Waals surface area contributed by atoms with Crippen LogP contribution < -0.4 is 10.1 Å². The molecule has 0 heterocycles. The van der Waals surface area contributed by atoms with Crippen molar-refractivity contribution in [3.8, 4) is 5.75 Å². The normalized spacial score (nSPS) is 9.94. The van der Waals surface area contributed by atoms with Gasteiger partial charge in [0.25, 0.3) is 0 Å². The molecule has 0 aromatic heterocycles. The minimum atomic E-state index is -0.101. The highest BCUT2D eigenvalue weighted by molar-refractivity contribution is 5.90. The molecule has 0 aliphatic heterocycles. The van der Waals surface area contributed by atoms with Crippen LogP contribution in [0.1, 0.15) is 26.7 Å². The van der Waals surface area contributed by atoms with Gasteiger partial charge in [-0.2, -0.15) is 0 Å². The molecule has 0 radical (unpaired) electrons. The molecule has 0 aliphatic rings. The number of carbonyl (C=O) groups is 1. The second-order valence-corrected chi connectivity index (χ2v) is 4.13. The smallest absolute Gasteiger partial charge is 0.321 e. The monoisotopic (exact) mass is 250 g/mol. The first-order valence-electron chi connectivity index (χ1n) is 6.43. The predicted molar refractivity (Wildman–Crippen MR) is 74.2 cm³/mol. The van der Waals surface area contributed by atoms with Crippen LogP contribution in [0.15, 0.2) is 24.3 Å². The van der Waals surface area contributed by atoms with Gasteiger partial charge < -0.3 is 15.0 Å². The Kier molecular flexibility index (Phi) is 6.05. The van der Waals surface area contributed by atoms with E-state index in [1.807, 2.05) is 31.2 Å². The number of amides is 2. The molecule has 0 atom stereocenters. The molecule has 100 valence electrons. The average molecular weight is 250 g/mol. The number of rotatable bonds is 6. The second-order valence-electron chi connectivity index (χ2n) is 4.13. The van der Waals surface area contributed by atoms with Crippen LogP contribution in [0.5, 0.6) is 5.75 Å². The van der Waals surface area contributed by atoms with Crippen LogP contribution >= 0.6 is 0 Å². The number of carbonyl (C=O) groups excluding carboxylic acids is 1. The van der Waals surface area contributed by atoms with Crippen molar-refractivity contribution in [2.24, 2.45) is 0 Å². The van der Waals surface area contributed by atoms with E-state index in [0.717, 1.165) is 19.4 Å². The summed E-state index contributed by atoms with van der Waals surface area (Å²) in [4.78, 5) is 13.6. The SMILES string of the molecule is CCCCN(C)C(=O)Nc1ccccc1OCC. The molecule has 0 spiro atoms. The van der Waals surface area contributed by atoms with Crippen LogP contribution in [0, 0.1) is 0 Å². The van der Waals surface area contributed by atoms with Crippen molar-refractivity contribution in [2.45, 2.75) is 26.7 Å². The quantitative estimate of drug-likeness (QED) is 0.841. The van der Waals surface area contributed by atoms with Crippen LogP contribution in [0.3, 0.4) is 0 Å². The minimum absolute atomic E-state index is 0.101. The molecule has 0 fully saturated rings. The summed E-state index contributed by atoms with van der Waals surface area (Å²) < 4.78 is 5.47. The zero-order chi connectivity index (χ0) is 13.4. The van der Waals surface area contributed by atoms with Crippen molar-refractivity contribution in [1.29, 1.82) is 0 Å². The number of anilines is 1. The first kappa shape index (κ1) is 14.4. The maximum atomic E-state index is 11.9. The van der Waals surface area contributed by atoms with Gasteiger partial charge in [0.1, 0.15) is 5.75 Å². The van der Waals surface area contributed by atoms with Gasteiger partial charge in [-0.25, -0.2) is 4.79 Å². The first-order chi connectivity index (χ1) is 8.69. The highest BCUT2D eigenvalue weighted by Gasteiger charge is 2.10. The van der Waals surface area contributed by atoms with Gasteiger partial charge >= 0.3 is 6.03 Å². The number of hydrogen-bond acceptors (Lipinski definition) is 2. The topological polar surface area (TPSA) is 41.6 Å². The lowest BCUT2D eigenvalue weighted by molar-refractivity contribution is 0.221. The Morgan fingerprint density at radius 2 is 2.06 bits per heavy atom. The summed E-state index contributed by atoms with van der Waals surface area (Å²) in [6.45, 7) is 5.37. The zero-order valence-corrected chi connectivity index (χ0v) is 11.4. The first-order valence-corrected chi connectivity index (χ1v) is 6.43. The zero-order valence-electron chi connectivity index (χ0n) is 11.4. The Labute approximate surface area is 109 Å². The van der Waals surface area contributed by atoms with E-state index in [-0.39, 0.29) is 6.03 Å². The fourth-order valence-electron chi connectivity index (χ4n) is 1.56. The fourth-order valence-corrected chi connectivity index (χ4v) is 1.56. The van der Waals surface area contributed by atoms with Gasteiger partial charge in [0.15, 0.2) is 0 Å². The maximum Gasteiger partial charge on any atom is 0.321 e. The van der Waals surface area contributed by atoms with Gasteiger partial charge in [-0.05, 0) is 25.5 Å². The van der Waals surface area contributed by atoms with E-state index in [4.69, 9.17) is 4.74 Å². The number of ether oxygens (including phenoxy) is 1. The average Bonchev–Trinajstić information content (AvgIpc) is 2.38. The number of urea groups is 1. The molecular weight excluding hydrogens is 228 g/mol. The molecule has 2 amide bonds. The van der Waals surface area contributed by atoms with Crippen molar-refractivity contribution in [3.63, 3.8) is 0 Å². The summed E-state index contributed by atoms with van der Waals surface area (Å²) in [5.74, 6) is 0.706. The number of unbranched alkanes of at least 4 members (excludes halogenated alkanes) is 1. The number of nitrogens with one attached hydrogen (secondary N) is 1. The number of benzene rings is 1. The molecule has 1 rings (SSSR count). The molecule has 4 heteroatoms. The Morgan fingerprint density at radius 1 is 1.33 bits per heavy atom. The molecule has 1 N–H and O–H groups in total. The third-order valence-corrected chi connectivity index (χ3v) is 2.62. The molecular formula is C14H22N2O2. The van der Waals surface area contributed by atoms with Crippen LogP contribution in [-0.4, -0.2) is 31.1 Å². The molecule has 4 nitrogen and oxygen atoms in total. The van der Waals surface area contributed by atoms with Crippen molar-refractivity contribution < 1.29 is 9.53 Å². The molecule has 0 saturated carbocycles. The largest absolute Gasteiger partial charge is 0.492 e. The number of hydrogen-bond donors (Lipinski definition) is 1. The van der Waals surface area contributed by atoms with Gasteiger partial charge in [-0.15, -0.1) is 0 Å². The number of nitrogens with zero attached hydrogens (tertiary/aromatic N) is 1. The lowest BCUT2D eigenvalue weighted by Crippen LogP contribution is -2.32. The van der Waals surface area contributed by atoms with E-state index in [2.05, 4.69) is 12.2 Å². The second kappa shape index (κ2) is 7.58. The van der Waals surface area contributed by atoms with Crippen molar-refractivity contribution in [2.75, 3.05) is 25.5 Å². The third kappa shape index (κ3) is 4.28. The van der Waals surface area contributed by atoms with E-state index < -0.39 is 0 Å². The van der Waals surface area contributed by atoms with Crippen LogP contribution in [0.2, 0.25) is 0 Å². The van der Waals surface area contributed by atoms with Crippen LogP contribution in [0.4, 0.5) is 10.5 Å². The summed E-state index contributed by atoms with van der Waals surface area (Å²) >= 11 is 0. The molecule has 0 aliphatic carbocycles. The van der Waals surface area contributed by atoms with Crippen LogP contribution in [0.25, 0.3) is 0 Å². The van der Waals surface area contributed by atoms with E-state index in [0.29, 0.717) is 18.0 Å². The predicted octanol–water partition coefficient (Wildman–Crippen LogP) is 3.35. The highest BCUT2D eigenvalue weighted by Crippen LogP contribution is 2.23. The Balaban J connectivity index is 2.63. The molecule has 1 aromatic carbocycles. The molecule has 1 aromatic rings. The standard InChI is InChI=1S/C14H22N2O2/c1-4-6-11-16(3)14(17)15-12-9-7-8-10-13(12)18-5-2/h7-10H,4-6,11H2,1-3H3,(H,15,17). The molecule has 0 saturated heterocycles. The van der Waals surface area contributed by atoms with Gasteiger partial charge in [0, 0.05) is 13.6 Å². The lowest BCUT2D eigenvalue weighted by Gasteiger charge is -2.18. The third-order valence-electron chi connectivity index (χ3n) is 2.62. The van der Waals surface area contributed by atoms with Crippen LogP contribution in [-0.2, 0) is 0 Å². The van der Waals surface area contributed by atoms with Gasteiger partial charge in [0.2, 0.25) is 0 Å². The van der Waals surface area contributed by atoms with E-state index in [1.165, 1.54) is 0 Å². The van der Waals surface area contributed by atoms with E-state index in [1.54, 1.807) is 11.9 Å². The molecule has 0 unspecified atom stereocenters. The lowest BCUT2D eigenvalue weighted by atomic mass is 10.3. The van der Waals surface area contributed by atoms with Gasteiger partial charge in [0.05, 0.1) is 12.3 Å². The summed E-state index contributed by atoms with van der Waals surface area (Å²) in [6, 6.07) is 7.36.